The first kappa shape index (κ1) is 30.7. The van der Waals surface area contributed by atoms with Crippen LogP contribution in [0.2, 0.25) is 0 Å². The van der Waals surface area contributed by atoms with Crippen molar-refractivity contribution >= 4 is 0 Å². The molecule has 3 fully saturated rings. The number of allylic oxidation sites excluding steroid dienone is 4. The summed E-state index contributed by atoms with van der Waals surface area (Å²) < 4.78 is 10.9. The molecule has 3 aromatic rings. The normalized spacial score (nSPS) is 25.5. The highest BCUT2D eigenvalue weighted by Crippen LogP contribution is 2.53. The van der Waals surface area contributed by atoms with Gasteiger partial charge in [-0.25, -0.2) is 0 Å². The lowest BCUT2D eigenvalue weighted by Gasteiger charge is -2.48. The molecule has 3 aromatic carbocycles. The smallest absolute Gasteiger partial charge is 0.0813 e. The summed E-state index contributed by atoms with van der Waals surface area (Å²) in [5.74, 6) is 0.969. The Balaban J connectivity index is 1.14. The van der Waals surface area contributed by atoms with E-state index in [0.29, 0.717) is 12.2 Å². The predicted octanol–water partition coefficient (Wildman–Crippen LogP) is 9.87. The Morgan fingerprint density at radius 3 is 1.49 bits per heavy atom. The van der Waals surface area contributed by atoms with Gasteiger partial charge in [0.25, 0.3) is 0 Å². The molecule has 4 atom stereocenters. The van der Waals surface area contributed by atoms with E-state index in [1.54, 1.807) is 0 Å². The largest absolute Gasteiger partial charge is 0.373 e. The van der Waals surface area contributed by atoms with Gasteiger partial charge in [0.15, 0.2) is 0 Å². The summed E-state index contributed by atoms with van der Waals surface area (Å²) in [4.78, 5) is 0. The second-order valence-electron chi connectivity index (χ2n) is 15.4. The molecule has 0 spiro atoms. The van der Waals surface area contributed by atoms with Gasteiger partial charge in [0.2, 0.25) is 0 Å². The highest BCUT2D eigenvalue weighted by atomic mass is 16.6. The van der Waals surface area contributed by atoms with E-state index in [-0.39, 0.29) is 16.2 Å². The first-order valence-electron chi connectivity index (χ1n) is 17.6. The summed E-state index contributed by atoms with van der Waals surface area (Å²) in [6.45, 7) is 11.6. The quantitative estimate of drug-likeness (QED) is 0.172. The van der Waals surface area contributed by atoms with Gasteiger partial charge in [-0.3, -0.25) is 0 Å². The third-order valence-corrected chi connectivity index (χ3v) is 11.8. The summed E-state index contributed by atoms with van der Waals surface area (Å²) in [5, 5.41) is 0. The van der Waals surface area contributed by atoms with E-state index in [0.717, 1.165) is 51.2 Å². The van der Waals surface area contributed by atoms with Crippen molar-refractivity contribution < 1.29 is 9.47 Å². The summed E-state index contributed by atoms with van der Waals surface area (Å²) in [6, 6.07) is 28.5. The van der Waals surface area contributed by atoms with Crippen LogP contribution < -0.4 is 0 Å². The highest BCUT2D eigenvalue weighted by Gasteiger charge is 2.46. The minimum atomic E-state index is -0.171. The third-order valence-electron chi connectivity index (χ3n) is 11.8. The molecule has 236 valence electrons. The Bertz CT molecular complexity index is 1450. The van der Waals surface area contributed by atoms with Crippen LogP contribution in [0.15, 0.2) is 96.6 Å². The Morgan fingerprint density at radius 1 is 0.644 bits per heavy atom. The molecular weight excluding hydrogens is 548 g/mol. The topological polar surface area (TPSA) is 25.1 Å². The number of rotatable bonds is 14. The van der Waals surface area contributed by atoms with Crippen LogP contribution in [0, 0.1) is 11.3 Å². The van der Waals surface area contributed by atoms with Crippen molar-refractivity contribution in [2.24, 2.45) is 11.3 Å². The van der Waals surface area contributed by atoms with Gasteiger partial charge in [0.1, 0.15) is 0 Å². The zero-order valence-corrected chi connectivity index (χ0v) is 28.0. The molecule has 45 heavy (non-hydrogen) atoms. The lowest BCUT2D eigenvalue weighted by Crippen LogP contribution is -2.42. The predicted molar refractivity (Wildman–Crippen MR) is 186 cm³/mol. The zero-order valence-electron chi connectivity index (χ0n) is 28.0. The number of ether oxygens (including phenoxy) is 2. The molecule has 2 nitrogen and oxygen atoms in total. The van der Waals surface area contributed by atoms with Crippen LogP contribution in [0.5, 0.6) is 0 Å². The molecule has 2 saturated heterocycles. The molecule has 0 radical (unpaired) electrons. The van der Waals surface area contributed by atoms with Crippen LogP contribution in [-0.4, -0.2) is 25.4 Å². The van der Waals surface area contributed by atoms with Gasteiger partial charge in [-0.15, -0.1) is 0 Å². The van der Waals surface area contributed by atoms with Gasteiger partial charge < -0.3 is 9.47 Å². The van der Waals surface area contributed by atoms with Crippen molar-refractivity contribution in [2.75, 3.05) is 13.2 Å². The molecular formula is C43H52O2. The molecule has 0 aromatic heterocycles. The molecule has 4 unspecified atom stereocenters. The minimum absolute atomic E-state index is 0.0531. The fraction of sp³-hybridized carbons (Fsp3) is 0.488. The molecule has 4 aliphatic rings. The lowest BCUT2D eigenvalue weighted by atomic mass is 9.55. The van der Waals surface area contributed by atoms with Crippen molar-refractivity contribution in [3.05, 3.63) is 130 Å². The fourth-order valence-corrected chi connectivity index (χ4v) is 7.56. The van der Waals surface area contributed by atoms with Crippen molar-refractivity contribution in [2.45, 2.75) is 109 Å². The molecule has 1 saturated carbocycles. The highest BCUT2D eigenvalue weighted by molar-refractivity contribution is 5.49. The molecule has 0 amide bonds. The van der Waals surface area contributed by atoms with Gasteiger partial charge in [0.05, 0.1) is 25.4 Å². The van der Waals surface area contributed by atoms with Crippen LogP contribution in [0.1, 0.15) is 99.6 Å². The van der Waals surface area contributed by atoms with Crippen LogP contribution in [0.4, 0.5) is 0 Å². The number of hydrogen-bond donors (Lipinski definition) is 0. The Morgan fingerprint density at radius 2 is 1.09 bits per heavy atom. The van der Waals surface area contributed by atoms with Crippen molar-refractivity contribution in [3.8, 4) is 0 Å². The van der Waals surface area contributed by atoms with E-state index in [9.17, 15) is 0 Å². The first-order chi connectivity index (χ1) is 21.7. The summed E-state index contributed by atoms with van der Waals surface area (Å²) in [5.41, 5.74) is 9.60. The van der Waals surface area contributed by atoms with Crippen LogP contribution in [-0.2, 0) is 39.6 Å². The maximum atomic E-state index is 5.47. The average Bonchev–Trinajstić information content (AvgIpc) is 3.92. The summed E-state index contributed by atoms with van der Waals surface area (Å²) >= 11 is 0. The SMILES string of the molecule is CC(C)(C1=CCC(C)(C(C)(c2ccc(CCC3CC3)cc2)c2ccc(CCC3CO3)cc2)C=C1)c1ccc(CCC2CO2)cc1. The van der Waals surface area contributed by atoms with E-state index in [2.05, 4.69) is 119 Å². The number of hydrogen-bond acceptors (Lipinski definition) is 2. The number of aryl methyl sites for hydroxylation is 3. The Labute approximate surface area is 271 Å². The van der Waals surface area contributed by atoms with Crippen molar-refractivity contribution in [1.29, 1.82) is 0 Å². The van der Waals surface area contributed by atoms with E-state index < -0.39 is 0 Å². The van der Waals surface area contributed by atoms with Crippen LogP contribution in [0.3, 0.4) is 0 Å². The minimum Gasteiger partial charge on any atom is -0.373 e. The second kappa shape index (κ2) is 12.3. The first-order valence-corrected chi connectivity index (χ1v) is 17.6. The van der Waals surface area contributed by atoms with Gasteiger partial charge in [-0.1, -0.05) is 132 Å². The molecule has 0 bridgehead atoms. The number of benzene rings is 3. The fourth-order valence-electron chi connectivity index (χ4n) is 7.56. The molecule has 2 heteroatoms. The maximum Gasteiger partial charge on any atom is 0.0813 e. The Hall–Kier alpha value is -2.94. The van der Waals surface area contributed by atoms with E-state index >= 15 is 0 Å². The maximum absolute atomic E-state index is 5.47. The molecule has 2 aliphatic heterocycles. The zero-order chi connectivity index (χ0) is 31.1. The monoisotopic (exact) mass is 600 g/mol. The summed E-state index contributed by atoms with van der Waals surface area (Å²) in [7, 11) is 0. The molecule has 0 N–H and O–H groups in total. The van der Waals surface area contributed by atoms with E-state index in [1.165, 1.54) is 64.6 Å². The number of epoxide rings is 2. The Kier molecular flexibility index (Phi) is 8.42. The molecule has 2 aliphatic carbocycles. The van der Waals surface area contributed by atoms with Gasteiger partial charge >= 0.3 is 0 Å². The third kappa shape index (κ3) is 6.79. The molecule has 7 rings (SSSR count). The second-order valence-corrected chi connectivity index (χ2v) is 15.4. The van der Waals surface area contributed by atoms with E-state index in [4.69, 9.17) is 9.47 Å². The molecule has 2 heterocycles. The summed E-state index contributed by atoms with van der Waals surface area (Å²) in [6.07, 6.45) is 19.3. The average molecular weight is 601 g/mol. The van der Waals surface area contributed by atoms with E-state index in [1.807, 2.05) is 0 Å². The van der Waals surface area contributed by atoms with Gasteiger partial charge in [-0.2, -0.15) is 0 Å². The van der Waals surface area contributed by atoms with Crippen LogP contribution in [0.25, 0.3) is 0 Å². The van der Waals surface area contributed by atoms with Crippen LogP contribution >= 0.6 is 0 Å². The van der Waals surface area contributed by atoms with Gasteiger partial charge in [-0.05, 0) is 89.8 Å². The van der Waals surface area contributed by atoms with Crippen molar-refractivity contribution in [1.82, 2.24) is 0 Å². The van der Waals surface area contributed by atoms with Gasteiger partial charge in [0, 0.05) is 16.2 Å². The van der Waals surface area contributed by atoms with Crippen molar-refractivity contribution in [3.63, 3.8) is 0 Å². The lowest BCUT2D eigenvalue weighted by molar-refractivity contribution is 0.261. The standard InChI is InChI=1S/C43H52O2/c1-41(2,35-17-9-33(10-18-35)15-23-39-29-44-39)36-25-27-42(3,28-26-36)43(4,37-19-11-32(12-20-37)8-7-31-5-6-31)38-21-13-34(14-22-38)16-24-40-30-45-40/h9-14,17-22,25-27,31,39-40H,5-8,15-16,23-24,28-30H2,1-4H3.